The van der Waals surface area contributed by atoms with Crippen LogP contribution < -0.4 is 4.90 Å². The SMILES string of the molecule is CC1CCN(c2nccnc2Cl)C1CO. The number of hydrogen-bond acceptors (Lipinski definition) is 4. The van der Waals surface area contributed by atoms with Crippen molar-refractivity contribution in [2.45, 2.75) is 19.4 Å². The molecule has 5 heteroatoms. The lowest BCUT2D eigenvalue weighted by atomic mass is 10.0. The van der Waals surface area contributed by atoms with Gasteiger partial charge in [-0.1, -0.05) is 18.5 Å². The standard InChI is InChI=1S/C10H14ClN3O/c1-7-2-5-14(8(7)6-15)10-9(11)12-3-4-13-10/h3-4,7-8,15H,2,5-6H2,1H3. The first-order chi connectivity index (χ1) is 7.24. The van der Waals surface area contributed by atoms with Gasteiger partial charge in [-0.15, -0.1) is 0 Å². The van der Waals surface area contributed by atoms with Crippen LogP contribution in [0.25, 0.3) is 0 Å². The Morgan fingerprint density at radius 1 is 1.53 bits per heavy atom. The van der Waals surface area contributed by atoms with Gasteiger partial charge in [-0.25, -0.2) is 9.97 Å². The van der Waals surface area contributed by atoms with Crippen LogP contribution >= 0.6 is 11.6 Å². The number of nitrogens with zero attached hydrogens (tertiary/aromatic N) is 3. The number of aliphatic hydroxyl groups excluding tert-OH is 1. The summed E-state index contributed by atoms with van der Waals surface area (Å²) in [6.45, 7) is 3.14. The first kappa shape index (κ1) is 10.6. The van der Waals surface area contributed by atoms with Gasteiger partial charge in [0.25, 0.3) is 0 Å². The largest absolute Gasteiger partial charge is 0.394 e. The van der Waals surface area contributed by atoms with E-state index in [4.69, 9.17) is 11.6 Å². The molecule has 2 atom stereocenters. The monoisotopic (exact) mass is 227 g/mol. The fraction of sp³-hybridized carbons (Fsp3) is 0.600. The lowest BCUT2D eigenvalue weighted by Crippen LogP contribution is -2.36. The zero-order valence-electron chi connectivity index (χ0n) is 8.60. The summed E-state index contributed by atoms with van der Waals surface area (Å²) in [5.41, 5.74) is 0. The third-order valence-corrected chi connectivity index (χ3v) is 3.24. The molecule has 0 bridgehead atoms. The quantitative estimate of drug-likeness (QED) is 0.829. The maximum absolute atomic E-state index is 9.33. The molecular formula is C10H14ClN3O. The van der Waals surface area contributed by atoms with Crippen molar-refractivity contribution in [2.75, 3.05) is 18.1 Å². The second kappa shape index (κ2) is 4.33. The van der Waals surface area contributed by atoms with Crippen molar-refractivity contribution in [3.05, 3.63) is 17.5 Å². The molecule has 1 saturated heterocycles. The summed E-state index contributed by atoms with van der Waals surface area (Å²) in [7, 11) is 0. The number of anilines is 1. The Kier molecular flexibility index (Phi) is 3.07. The van der Waals surface area contributed by atoms with Crippen LogP contribution in [0.4, 0.5) is 5.82 Å². The number of aromatic nitrogens is 2. The van der Waals surface area contributed by atoms with E-state index in [0.29, 0.717) is 16.9 Å². The van der Waals surface area contributed by atoms with Crippen molar-refractivity contribution in [3.8, 4) is 0 Å². The summed E-state index contributed by atoms with van der Waals surface area (Å²) in [6, 6.07) is 0.110. The second-order valence-corrected chi connectivity index (χ2v) is 4.24. The average molecular weight is 228 g/mol. The van der Waals surface area contributed by atoms with Crippen molar-refractivity contribution < 1.29 is 5.11 Å². The Morgan fingerprint density at radius 3 is 2.93 bits per heavy atom. The summed E-state index contributed by atoms with van der Waals surface area (Å²) in [5.74, 6) is 1.15. The Hall–Kier alpha value is -0.870. The van der Waals surface area contributed by atoms with E-state index in [2.05, 4.69) is 16.9 Å². The summed E-state index contributed by atoms with van der Waals surface area (Å²) in [4.78, 5) is 10.3. The smallest absolute Gasteiger partial charge is 0.171 e. The molecule has 0 spiro atoms. The molecule has 2 unspecified atom stereocenters. The van der Waals surface area contributed by atoms with Gasteiger partial charge in [0.15, 0.2) is 11.0 Å². The minimum atomic E-state index is 0.110. The maximum Gasteiger partial charge on any atom is 0.171 e. The molecule has 2 heterocycles. The molecule has 0 aromatic carbocycles. The van der Waals surface area contributed by atoms with E-state index in [1.807, 2.05) is 4.90 Å². The molecule has 1 fully saturated rings. The van der Waals surface area contributed by atoms with E-state index in [-0.39, 0.29) is 12.6 Å². The highest BCUT2D eigenvalue weighted by Crippen LogP contribution is 2.31. The first-order valence-corrected chi connectivity index (χ1v) is 5.46. The minimum absolute atomic E-state index is 0.110. The number of aliphatic hydroxyl groups is 1. The summed E-state index contributed by atoms with van der Waals surface area (Å²) in [5, 5.41) is 9.73. The third-order valence-electron chi connectivity index (χ3n) is 2.98. The molecule has 1 aliphatic rings. The third kappa shape index (κ3) is 1.92. The van der Waals surface area contributed by atoms with Gasteiger partial charge in [-0.05, 0) is 12.3 Å². The van der Waals surface area contributed by atoms with Crippen molar-refractivity contribution >= 4 is 17.4 Å². The van der Waals surface area contributed by atoms with Crippen LogP contribution in [0.5, 0.6) is 0 Å². The van der Waals surface area contributed by atoms with Crippen molar-refractivity contribution in [2.24, 2.45) is 5.92 Å². The molecular weight excluding hydrogens is 214 g/mol. The highest BCUT2D eigenvalue weighted by molar-refractivity contribution is 6.31. The fourth-order valence-corrected chi connectivity index (χ4v) is 2.27. The van der Waals surface area contributed by atoms with E-state index in [1.165, 1.54) is 0 Å². The normalized spacial score (nSPS) is 25.9. The summed E-state index contributed by atoms with van der Waals surface area (Å²) < 4.78 is 0. The molecule has 2 rings (SSSR count). The highest BCUT2D eigenvalue weighted by atomic mass is 35.5. The lowest BCUT2D eigenvalue weighted by Gasteiger charge is -2.26. The first-order valence-electron chi connectivity index (χ1n) is 5.08. The maximum atomic E-state index is 9.33. The molecule has 1 aliphatic heterocycles. The van der Waals surface area contributed by atoms with Crippen LogP contribution in [0.3, 0.4) is 0 Å². The molecule has 0 aliphatic carbocycles. The average Bonchev–Trinajstić information content (AvgIpc) is 2.60. The van der Waals surface area contributed by atoms with Gasteiger partial charge < -0.3 is 10.0 Å². The minimum Gasteiger partial charge on any atom is -0.394 e. The molecule has 1 N–H and O–H groups in total. The van der Waals surface area contributed by atoms with Crippen molar-refractivity contribution in [1.82, 2.24) is 9.97 Å². The number of rotatable bonds is 2. The van der Waals surface area contributed by atoms with Gasteiger partial charge in [0, 0.05) is 18.9 Å². The topological polar surface area (TPSA) is 49.2 Å². The van der Waals surface area contributed by atoms with Gasteiger partial charge in [-0.3, -0.25) is 0 Å². The molecule has 4 nitrogen and oxygen atoms in total. The number of halogens is 1. The van der Waals surface area contributed by atoms with Crippen LogP contribution in [0.1, 0.15) is 13.3 Å². The lowest BCUT2D eigenvalue weighted by molar-refractivity contribution is 0.244. The second-order valence-electron chi connectivity index (χ2n) is 3.88. The molecule has 0 amide bonds. The Bertz CT molecular complexity index is 347. The van der Waals surface area contributed by atoms with Crippen LogP contribution in [0.2, 0.25) is 5.15 Å². The van der Waals surface area contributed by atoms with Gasteiger partial charge in [0.1, 0.15) is 0 Å². The van der Waals surface area contributed by atoms with Crippen molar-refractivity contribution in [1.29, 1.82) is 0 Å². The van der Waals surface area contributed by atoms with Crippen LogP contribution in [0, 0.1) is 5.92 Å². The predicted molar refractivity (Wildman–Crippen MR) is 59.0 cm³/mol. The Balaban J connectivity index is 2.28. The van der Waals surface area contributed by atoms with E-state index in [1.54, 1.807) is 12.4 Å². The predicted octanol–water partition coefficient (Wildman–Crippen LogP) is 1.34. The van der Waals surface area contributed by atoms with E-state index in [0.717, 1.165) is 13.0 Å². The van der Waals surface area contributed by atoms with E-state index in [9.17, 15) is 5.11 Å². The van der Waals surface area contributed by atoms with Crippen LogP contribution in [-0.2, 0) is 0 Å². The Morgan fingerprint density at radius 2 is 2.27 bits per heavy atom. The van der Waals surface area contributed by atoms with Crippen LogP contribution in [0.15, 0.2) is 12.4 Å². The fourth-order valence-electron chi connectivity index (χ4n) is 2.06. The van der Waals surface area contributed by atoms with E-state index < -0.39 is 0 Å². The zero-order chi connectivity index (χ0) is 10.8. The Labute approximate surface area is 93.9 Å². The number of hydrogen-bond donors (Lipinski definition) is 1. The van der Waals surface area contributed by atoms with Crippen LogP contribution in [-0.4, -0.2) is 34.3 Å². The summed E-state index contributed by atoms with van der Waals surface area (Å²) in [6.07, 6.45) is 4.25. The van der Waals surface area contributed by atoms with Crippen molar-refractivity contribution in [3.63, 3.8) is 0 Å². The zero-order valence-corrected chi connectivity index (χ0v) is 9.35. The molecule has 82 valence electrons. The van der Waals surface area contributed by atoms with Gasteiger partial charge in [0.2, 0.25) is 0 Å². The van der Waals surface area contributed by atoms with Gasteiger partial charge in [-0.2, -0.15) is 0 Å². The summed E-state index contributed by atoms with van der Waals surface area (Å²) >= 11 is 5.98. The van der Waals surface area contributed by atoms with Gasteiger partial charge in [0.05, 0.1) is 12.6 Å². The molecule has 15 heavy (non-hydrogen) atoms. The molecule has 0 saturated carbocycles. The highest BCUT2D eigenvalue weighted by Gasteiger charge is 2.32. The van der Waals surface area contributed by atoms with Gasteiger partial charge >= 0.3 is 0 Å². The molecule has 1 aromatic heterocycles. The molecule has 0 radical (unpaired) electrons. The molecule has 1 aromatic rings. The van der Waals surface area contributed by atoms with E-state index >= 15 is 0 Å².